The minimum absolute atomic E-state index is 0.177. The molecule has 0 aliphatic carbocycles. The summed E-state index contributed by atoms with van der Waals surface area (Å²) in [6.45, 7) is 6.47. The van der Waals surface area contributed by atoms with Crippen molar-refractivity contribution in [2.45, 2.75) is 52.6 Å². The lowest BCUT2D eigenvalue weighted by Gasteiger charge is -2.30. The van der Waals surface area contributed by atoms with Gasteiger partial charge in [-0.2, -0.15) is 0 Å². The molecule has 0 heterocycles. The number of carbonyl (C=O) groups excluding carboxylic acids is 2. The molecular formula is C24H31FN2O3. The largest absolute Gasteiger partial charge is 0.484 e. The molecule has 6 heteroatoms. The summed E-state index contributed by atoms with van der Waals surface area (Å²) in [5.74, 6) is -0.218. The van der Waals surface area contributed by atoms with E-state index in [1.165, 1.54) is 17.0 Å². The molecule has 2 aromatic carbocycles. The molecule has 0 fully saturated rings. The molecule has 2 aromatic rings. The van der Waals surface area contributed by atoms with Crippen molar-refractivity contribution in [3.8, 4) is 5.75 Å². The minimum atomic E-state index is -0.625. The standard InChI is InChI=1S/C24H31FN2O3/c1-4-6-14-26-24(29)22(5-2)27(16-19-10-12-20(25)13-11-19)23(28)17-30-21-9-7-8-18(3)15-21/h7-13,15,22H,4-6,14,16-17H2,1-3H3,(H,26,29). The first-order valence-electron chi connectivity index (χ1n) is 10.5. The van der Waals surface area contributed by atoms with Crippen molar-refractivity contribution in [2.75, 3.05) is 13.2 Å². The zero-order chi connectivity index (χ0) is 21.9. The Morgan fingerprint density at radius 2 is 1.87 bits per heavy atom. The lowest BCUT2D eigenvalue weighted by molar-refractivity contribution is -0.143. The first-order chi connectivity index (χ1) is 14.4. The maximum absolute atomic E-state index is 13.3. The summed E-state index contributed by atoms with van der Waals surface area (Å²) in [5.41, 5.74) is 1.78. The van der Waals surface area contributed by atoms with Crippen LogP contribution in [0.3, 0.4) is 0 Å². The number of rotatable bonds is 11. The van der Waals surface area contributed by atoms with Gasteiger partial charge >= 0.3 is 0 Å². The quantitative estimate of drug-likeness (QED) is 0.560. The predicted octanol–water partition coefficient (Wildman–Crippen LogP) is 4.24. The second-order valence-electron chi connectivity index (χ2n) is 7.32. The molecule has 1 atom stereocenters. The molecule has 0 saturated carbocycles. The number of ether oxygens (including phenoxy) is 1. The summed E-state index contributed by atoms with van der Waals surface area (Å²) < 4.78 is 19.0. The SMILES string of the molecule is CCCCNC(=O)C(CC)N(Cc1ccc(F)cc1)C(=O)COc1cccc(C)c1. The van der Waals surface area contributed by atoms with Crippen LogP contribution in [0.4, 0.5) is 4.39 Å². The number of aryl methyl sites for hydroxylation is 1. The minimum Gasteiger partial charge on any atom is -0.484 e. The lowest BCUT2D eigenvalue weighted by atomic mass is 10.1. The zero-order valence-corrected chi connectivity index (χ0v) is 18.0. The molecule has 2 rings (SSSR count). The van der Waals surface area contributed by atoms with Crippen LogP contribution in [-0.2, 0) is 16.1 Å². The van der Waals surface area contributed by atoms with Crippen LogP contribution < -0.4 is 10.1 Å². The summed E-state index contributed by atoms with van der Waals surface area (Å²) in [5, 5.41) is 2.91. The van der Waals surface area contributed by atoms with E-state index in [0.717, 1.165) is 24.0 Å². The molecule has 0 saturated heterocycles. The first-order valence-corrected chi connectivity index (χ1v) is 10.5. The number of carbonyl (C=O) groups is 2. The number of amides is 2. The maximum atomic E-state index is 13.3. The fourth-order valence-corrected chi connectivity index (χ4v) is 3.15. The number of nitrogens with zero attached hydrogens (tertiary/aromatic N) is 1. The average molecular weight is 415 g/mol. The highest BCUT2D eigenvalue weighted by molar-refractivity contribution is 5.88. The van der Waals surface area contributed by atoms with Crippen LogP contribution in [0.15, 0.2) is 48.5 Å². The Balaban J connectivity index is 2.16. The van der Waals surface area contributed by atoms with E-state index in [4.69, 9.17) is 4.74 Å². The maximum Gasteiger partial charge on any atom is 0.261 e. The van der Waals surface area contributed by atoms with Gasteiger partial charge in [-0.15, -0.1) is 0 Å². The van der Waals surface area contributed by atoms with Gasteiger partial charge < -0.3 is 15.0 Å². The summed E-state index contributed by atoms with van der Waals surface area (Å²) >= 11 is 0. The Morgan fingerprint density at radius 1 is 1.13 bits per heavy atom. The normalized spacial score (nSPS) is 11.6. The molecule has 2 amide bonds. The molecule has 0 bridgehead atoms. The molecule has 0 aliphatic heterocycles. The van der Waals surface area contributed by atoms with Gasteiger partial charge in [0.25, 0.3) is 5.91 Å². The molecule has 5 nitrogen and oxygen atoms in total. The summed E-state index contributed by atoms with van der Waals surface area (Å²) in [6, 6.07) is 12.8. The molecule has 0 spiro atoms. The molecule has 0 radical (unpaired) electrons. The Bertz CT molecular complexity index is 823. The van der Waals surface area contributed by atoms with Crippen LogP contribution in [0.25, 0.3) is 0 Å². The van der Waals surface area contributed by atoms with Crippen molar-refractivity contribution >= 4 is 11.8 Å². The third-order valence-corrected chi connectivity index (χ3v) is 4.83. The molecule has 1 N–H and O–H groups in total. The Labute approximate surface area is 178 Å². The monoisotopic (exact) mass is 414 g/mol. The van der Waals surface area contributed by atoms with Crippen molar-refractivity contribution in [3.05, 3.63) is 65.5 Å². The lowest BCUT2D eigenvalue weighted by Crippen LogP contribution is -2.50. The average Bonchev–Trinajstić information content (AvgIpc) is 2.73. The first kappa shape index (κ1) is 23.4. The fraction of sp³-hybridized carbons (Fsp3) is 0.417. The molecule has 162 valence electrons. The van der Waals surface area contributed by atoms with Gasteiger partial charge in [0.2, 0.25) is 5.91 Å². The number of nitrogens with one attached hydrogen (secondary N) is 1. The molecule has 0 aliphatic rings. The van der Waals surface area contributed by atoms with E-state index < -0.39 is 6.04 Å². The van der Waals surface area contributed by atoms with E-state index in [1.54, 1.807) is 18.2 Å². The van der Waals surface area contributed by atoms with E-state index in [9.17, 15) is 14.0 Å². The van der Waals surface area contributed by atoms with Crippen LogP contribution in [0.5, 0.6) is 5.75 Å². The van der Waals surface area contributed by atoms with Crippen molar-refractivity contribution in [3.63, 3.8) is 0 Å². The summed E-state index contributed by atoms with van der Waals surface area (Å²) in [6.07, 6.45) is 2.32. The summed E-state index contributed by atoms with van der Waals surface area (Å²) in [4.78, 5) is 27.3. The number of hydrogen-bond donors (Lipinski definition) is 1. The predicted molar refractivity (Wildman–Crippen MR) is 116 cm³/mol. The van der Waals surface area contributed by atoms with Gasteiger partial charge in [-0.3, -0.25) is 9.59 Å². The molecule has 0 aromatic heterocycles. The Kier molecular flexibility index (Phi) is 9.32. The molecule has 1 unspecified atom stereocenters. The van der Waals surface area contributed by atoms with Crippen LogP contribution in [0.1, 0.15) is 44.2 Å². The van der Waals surface area contributed by atoms with Crippen molar-refractivity contribution in [2.24, 2.45) is 0 Å². The third kappa shape index (κ3) is 7.17. The van der Waals surface area contributed by atoms with Gasteiger partial charge in [-0.05, 0) is 55.2 Å². The number of benzene rings is 2. The Morgan fingerprint density at radius 3 is 2.50 bits per heavy atom. The Hall–Kier alpha value is -2.89. The number of halogens is 1. The van der Waals surface area contributed by atoms with Gasteiger partial charge in [0.15, 0.2) is 6.61 Å². The van der Waals surface area contributed by atoms with E-state index >= 15 is 0 Å². The van der Waals surface area contributed by atoms with Crippen LogP contribution in [-0.4, -0.2) is 35.9 Å². The van der Waals surface area contributed by atoms with E-state index in [0.29, 0.717) is 18.7 Å². The second-order valence-corrected chi connectivity index (χ2v) is 7.32. The van der Waals surface area contributed by atoms with E-state index in [-0.39, 0.29) is 30.8 Å². The topological polar surface area (TPSA) is 58.6 Å². The highest BCUT2D eigenvalue weighted by atomic mass is 19.1. The molecular weight excluding hydrogens is 383 g/mol. The second kappa shape index (κ2) is 12.0. The smallest absolute Gasteiger partial charge is 0.261 e. The van der Waals surface area contributed by atoms with Gasteiger partial charge in [0.05, 0.1) is 0 Å². The van der Waals surface area contributed by atoms with Gasteiger partial charge in [-0.25, -0.2) is 4.39 Å². The molecule has 30 heavy (non-hydrogen) atoms. The van der Waals surface area contributed by atoms with Gasteiger partial charge in [0, 0.05) is 13.1 Å². The van der Waals surface area contributed by atoms with Crippen molar-refractivity contribution in [1.29, 1.82) is 0 Å². The summed E-state index contributed by atoms with van der Waals surface area (Å²) in [7, 11) is 0. The zero-order valence-electron chi connectivity index (χ0n) is 18.0. The highest BCUT2D eigenvalue weighted by Gasteiger charge is 2.28. The van der Waals surface area contributed by atoms with Crippen LogP contribution in [0.2, 0.25) is 0 Å². The van der Waals surface area contributed by atoms with Crippen molar-refractivity contribution < 1.29 is 18.7 Å². The third-order valence-electron chi connectivity index (χ3n) is 4.83. The van der Waals surface area contributed by atoms with Gasteiger partial charge in [0.1, 0.15) is 17.6 Å². The van der Waals surface area contributed by atoms with E-state index in [2.05, 4.69) is 12.2 Å². The highest BCUT2D eigenvalue weighted by Crippen LogP contribution is 2.16. The van der Waals surface area contributed by atoms with Crippen LogP contribution in [0, 0.1) is 12.7 Å². The van der Waals surface area contributed by atoms with Crippen molar-refractivity contribution in [1.82, 2.24) is 10.2 Å². The number of hydrogen-bond acceptors (Lipinski definition) is 3. The fourth-order valence-electron chi connectivity index (χ4n) is 3.15. The van der Waals surface area contributed by atoms with Gasteiger partial charge in [-0.1, -0.05) is 44.5 Å². The van der Waals surface area contributed by atoms with E-state index in [1.807, 2.05) is 32.0 Å². The van der Waals surface area contributed by atoms with Crippen LogP contribution >= 0.6 is 0 Å². The number of unbranched alkanes of at least 4 members (excludes halogenated alkanes) is 1.